The predicted octanol–water partition coefficient (Wildman–Crippen LogP) is 1.22. The Bertz CT molecular complexity index is 325. The van der Waals surface area contributed by atoms with Crippen molar-refractivity contribution in [1.82, 2.24) is 10.2 Å². The van der Waals surface area contributed by atoms with Crippen LogP contribution in [0.1, 0.15) is 18.4 Å². The molecule has 0 saturated carbocycles. The summed E-state index contributed by atoms with van der Waals surface area (Å²) in [7, 11) is 1.68. The van der Waals surface area contributed by atoms with Gasteiger partial charge in [0.1, 0.15) is 18.1 Å². The van der Waals surface area contributed by atoms with Crippen molar-refractivity contribution in [2.75, 3.05) is 26.7 Å². The Kier molecular flexibility index (Phi) is 3.98. The molecule has 2 rings (SSSR count). The SMILES string of the molecule is COCc1ccc(CN2CCN[C@@H](C)C2)o1. The molecule has 1 saturated heterocycles. The van der Waals surface area contributed by atoms with Crippen molar-refractivity contribution < 1.29 is 9.15 Å². The molecule has 1 fully saturated rings. The second kappa shape index (κ2) is 5.48. The Labute approximate surface area is 96.6 Å². The molecule has 0 unspecified atom stereocenters. The molecule has 16 heavy (non-hydrogen) atoms. The standard InChI is InChI=1S/C12H20N2O2/c1-10-7-14(6-5-13-10)8-11-3-4-12(16-11)9-15-2/h3-4,10,13H,5-9H2,1-2H3/t10-/m0/s1. The fraction of sp³-hybridized carbons (Fsp3) is 0.667. The van der Waals surface area contributed by atoms with E-state index in [0.29, 0.717) is 12.6 Å². The van der Waals surface area contributed by atoms with Crippen molar-refractivity contribution in [2.24, 2.45) is 0 Å². The molecule has 0 amide bonds. The zero-order valence-corrected chi connectivity index (χ0v) is 10.0. The van der Waals surface area contributed by atoms with Gasteiger partial charge in [-0.15, -0.1) is 0 Å². The molecule has 90 valence electrons. The number of nitrogens with zero attached hydrogens (tertiary/aromatic N) is 1. The van der Waals surface area contributed by atoms with E-state index in [0.717, 1.165) is 37.7 Å². The largest absolute Gasteiger partial charge is 0.462 e. The molecule has 0 aromatic carbocycles. The molecular weight excluding hydrogens is 204 g/mol. The van der Waals surface area contributed by atoms with E-state index in [1.807, 2.05) is 12.1 Å². The summed E-state index contributed by atoms with van der Waals surface area (Å²) < 4.78 is 10.7. The minimum Gasteiger partial charge on any atom is -0.462 e. The maximum atomic E-state index is 5.67. The van der Waals surface area contributed by atoms with Gasteiger partial charge >= 0.3 is 0 Å². The molecule has 1 aromatic rings. The maximum Gasteiger partial charge on any atom is 0.129 e. The Morgan fingerprint density at radius 3 is 3.06 bits per heavy atom. The summed E-state index contributed by atoms with van der Waals surface area (Å²) in [5, 5.41) is 3.43. The molecule has 4 heteroatoms. The number of hydrogen-bond acceptors (Lipinski definition) is 4. The lowest BCUT2D eigenvalue weighted by atomic mass is 10.2. The number of ether oxygens (including phenoxy) is 1. The van der Waals surface area contributed by atoms with Gasteiger partial charge in [-0.1, -0.05) is 0 Å². The lowest BCUT2D eigenvalue weighted by Crippen LogP contribution is -2.48. The van der Waals surface area contributed by atoms with Crippen molar-refractivity contribution in [3.8, 4) is 0 Å². The Morgan fingerprint density at radius 1 is 1.50 bits per heavy atom. The van der Waals surface area contributed by atoms with Gasteiger partial charge in [-0.25, -0.2) is 0 Å². The topological polar surface area (TPSA) is 37.6 Å². The first kappa shape index (κ1) is 11.6. The lowest BCUT2D eigenvalue weighted by Gasteiger charge is -2.31. The van der Waals surface area contributed by atoms with Gasteiger partial charge in [0.25, 0.3) is 0 Å². The summed E-state index contributed by atoms with van der Waals surface area (Å²) in [6.45, 7) is 6.90. The van der Waals surface area contributed by atoms with Crippen LogP contribution in [-0.4, -0.2) is 37.7 Å². The van der Waals surface area contributed by atoms with Gasteiger partial charge < -0.3 is 14.5 Å². The zero-order valence-electron chi connectivity index (χ0n) is 10.0. The van der Waals surface area contributed by atoms with Crippen LogP contribution in [0, 0.1) is 0 Å². The molecule has 4 nitrogen and oxygen atoms in total. The van der Waals surface area contributed by atoms with Crippen LogP contribution in [0.4, 0.5) is 0 Å². The Balaban J connectivity index is 1.87. The third-order valence-corrected chi connectivity index (χ3v) is 2.84. The second-order valence-electron chi connectivity index (χ2n) is 4.39. The number of methoxy groups -OCH3 is 1. The first-order valence-corrected chi connectivity index (χ1v) is 5.80. The molecule has 1 atom stereocenters. The first-order valence-electron chi connectivity index (χ1n) is 5.80. The molecule has 2 heterocycles. The fourth-order valence-electron chi connectivity index (χ4n) is 2.10. The van der Waals surface area contributed by atoms with Gasteiger partial charge in [0.05, 0.1) is 6.54 Å². The first-order chi connectivity index (χ1) is 7.78. The average Bonchev–Trinajstić information content (AvgIpc) is 2.66. The van der Waals surface area contributed by atoms with Gasteiger partial charge in [-0.2, -0.15) is 0 Å². The van der Waals surface area contributed by atoms with Crippen molar-refractivity contribution in [2.45, 2.75) is 26.1 Å². The van der Waals surface area contributed by atoms with E-state index in [1.54, 1.807) is 7.11 Å². The Morgan fingerprint density at radius 2 is 2.31 bits per heavy atom. The molecule has 0 spiro atoms. The van der Waals surface area contributed by atoms with Crippen LogP contribution >= 0.6 is 0 Å². The molecule has 1 aromatic heterocycles. The molecule has 0 radical (unpaired) electrons. The van der Waals surface area contributed by atoms with Gasteiger partial charge in [-0.05, 0) is 19.1 Å². The van der Waals surface area contributed by atoms with E-state index in [2.05, 4.69) is 17.1 Å². The van der Waals surface area contributed by atoms with E-state index in [9.17, 15) is 0 Å². The van der Waals surface area contributed by atoms with E-state index in [1.165, 1.54) is 0 Å². The van der Waals surface area contributed by atoms with Crippen molar-refractivity contribution in [3.05, 3.63) is 23.7 Å². The lowest BCUT2D eigenvalue weighted by molar-refractivity contribution is 0.154. The van der Waals surface area contributed by atoms with Crippen LogP contribution in [0.5, 0.6) is 0 Å². The third kappa shape index (κ3) is 3.07. The number of furan rings is 1. The molecular formula is C12H20N2O2. The van der Waals surface area contributed by atoms with Gasteiger partial charge in [0.15, 0.2) is 0 Å². The summed E-state index contributed by atoms with van der Waals surface area (Å²) in [6, 6.07) is 4.60. The van der Waals surface area contributed by atoms with Crippen LogP contribution < -0.4 is 5.32 Å². The van der Waals surface area contributed by atoms with Crippen molar-refractivity contribution >= 4 is 0 Å². The molecule has 0 aliphatic carbocycles. The number of nitrogens with one attached hydrogen (secondary N) is 1. The van der Waals surface area contributed by atoms with E-state index in [-0.39, 0.29) is 0 Å². The minimum absolute atomic E-state index is 0.554. The van der Waals surface area contributed by atoms with E-state index < -0.39 is 0 Å². The fourth-order valence-corrected chi connectivity index (χ4v) is 2.10. The number of piperazine rings is 1. The van der Waals surface area contributed by atoms with Crippen LogP contribution in [0.3, 0.4) is 0 Å². The van der Waals surface area contributed by atoms with E-state index >= 15 is 0 Å². The van der Waals surface area contributed by atoms with Gasteiger partial charge in [0.2, 0.25) is 0 Å². The zero-order chi connectivity index (χ0) is 11.4. The molecule has 1 aliphatic heterocycles. The molecule has 0 bridgehead atoms. The maximum absolute atomic E-state index is 5.67. The van der Waals surface area contributed by atoms with Gasteiger partial charge in [-0.3, -0.25) is 4.90 Å². The number of rotatable bonds is 4. The smallest absolute Gasteiger partial charge is 0.129 e. The summed E-state index contributed by atoms with van der Waals surface area (Å²) in [5.74, 6) is 1.93. The third-order valence-electron chi connectivity index (χ3n) is 2.84. The average molecular weight is 224 g/mol. The van der Waals surface area contributed by atoms with Crippen LogP contribution in [0.15, 0.2) is 16.5 Å². The highest BCUT2D eigenvalue weighted by molar-refractivity contribution is 5.06. The predicted molar refractivity (Wildman–Crippen MR) is 62.2 cm³/mol. The van der Waals surface area contributed by atoms with Crippen LogP contribution in [0.2, 0.25) is 0 Å². The van der Waals surface area contributed by atoms with Crippen molar-refractivity contribution in [3.63, 3.8) is 0 Å². The van der Waals surface area contributed by atoms with Crippen molar-refractivity contribution in [1.29, 1.82) is 0 Å². The monoisotopic (exact) mass is 224 g/mol. The van der Waals surface area contributed by atoms with Crippen LogP contribution in [-0.2, 0) is 17.9 Å². The highest BCUT2D eigenvalue weighted by Crippen LogP contribution is 2.12. The van der Waals surface area contributed by atoms with E-state index in [4.69, 9.17) is 9.15 Å². The summed E-state index contributed by atoms with van der Waals surface area (Å²) in [4.78, 5) is 2.41. The number of hydrogen-bond donors (Lipinski definition) is 1. The Hall–Kier alpha value is -0.840. The minimum atomic E-state index is 0.554. The van der Waals surface area contributed by atoms with Gasteiger partial charge in [0, 0.05) is 32.8 Å². The highest BCUT2D eigenvalue weighted by atomic mass is 16.5. The summed E-state index contributed by atoms with van der Waals surface area (Å²) in [6.07, 6.45) is 0. The molecule has 1 N–H and O–H groups in total. The normalized spacial score (nSPS) is 22.5. The summed E-state index contributed by atoms with van der Waals surface area (Å²) >= 11 is 0. The highest BCUT2D eigenvalue weighted by Gasteiger charge is 2.16. The quantitative estimate of drug-likeness (QED) is 0.834. The van der Waals surface area contributed by atoms with Crippen LogP contribution in [0.25, 0.3) is 0 Å². The summed E-state index contributed by atoms with van der Waals surface area (Å²) in [5.41, 5.74) is 0. The molecule has 1 aliphatic rings. The second-order valence-corrected chi connectivity index (χ2v) is 4.39.